The Labute approximate surface area is 351 Å². The van der Waals surface area contributed by atoms with E-state index in [4.69, 9.17) is 4.74 Å². The monoisotopic (exact) mass is 781 g/mol. The molecule has 57 heavy (non-hydrogen) atoms. The molecule has 17 unspecified atom stereocenters. The second-order valence-corrected chi connectivity index (χ2v) is 24.5. The maximum Gasteiger partial charge on any atom is 0.0766 e. The predicted octanol–water partition coefficient (Wildman–Crippen LogP) is 13.4. The van der Waals surface area contributed by atoms with Crippen LogP contribution in [0.2, 0.25) is 0 Å². The van der Waals surface area contributed by atoms with Crippen molar-refractivity contribution in [1.82, 2.24) is 9.80 Å². The maximum atomic E-state index is 7.23. The van der Waals surface area contributed by atoms with Gasteiger partial charge in [0.05, 0.1) is 12.2 Å². The van der Waals surface area contributed by atoms with E-state index < -0.39 is 0 Å². The summed E-state index contributed by atoms with van der Waals surface area (Å²) in [6.45, 7) is 0. The molecule has 3 saturated heterocycles. The van der Waals surface area contributed by atoms with E-state index in [1.807, 2.05) is 0 Å². The molecule has 12 rings (SSSR count). The molecule has 3 nitrogen and oxygen atoms in total. The van der Waals surface area contributed by atoms with Crippen molar-refractivity contribution in [3.05, 3.63) is 0 Å². The van der Waals surface area contributed by atoms with Gasteiger partial charge in [-0.05, 0) is 180 Å². The van der Waals surface area contributed by atoms with Gasteiger partial charge in [0.1, 0.15) is 0 Å². The third-order valence-electron chi connectivity index (χ3n) is 22.3. The number of ether oxygens (including phenoxy) is 1. The molecule has 12 fully saturated rings. The summed E-state index contributed by atoms with van der Waals surface area (Å²) >= 11 is 0. The van der Waals surface area contributed by atoms with E-state index >= 15 is 0 Å². The average molecular weight is 781 g/mol. The number of nitrogens with zero attached hydrogens (tertiary/aromatic N) is 2. The van der Waals surface area contributed by atoms with Crippen molar-refractivity contribution in [2.24, 2.45) is 71.0 Å². The van der Waals surface area contributed by atoms with E-state index in [2.05, 4.69) is 9.80 Å². The highest BCUT2D eigenvalue weighted by molar-refractivity contribution is 5.12. The van der Waals surface area contributed by atoms with Crippen LogP contribution in [0.25, 0.3) is 0 Å². The number of hydrogen-bond donors (Lipinski definition) is 0. The van der Waals surface area contributed by atoms with Gasteiger partial charge in [-0.2, -0.15) is 0 Å². The van der Waals surface area contributed by atoms with Gasteiger partial charge in [0.2, 0.25) is 0 Å². The van der Waals surface area contributed by atoms with Gasteiger partial charge < -0.3 is 4.74 Å². The normalized spacial score (nSPS) is 52.6. The SMILES string of the molecule is C1CCC(C2CC(C3CCCCC3)CC(N3C4CCCCC4C4CC(C5CCC6C(C5)C5CCCCC5N6C5CCCC6C7CCCCC7OC65)CCC43)C2)CC1. The van der Waals surface area contributed by atoms with E-state index in [0.29, 0.717) is 12.2 Å². The zero-order valence-electron chi connectivity index (χ0n) is 36.9. The molecule has 3 heteroatoms. The smallest absolute Gasteiger partial charge is 0.0766 e. The van der Waals surface area contributed by atoms with E-state index in [-0.39, 0.29) is 0 Å². The Morgan fingerprint density at radius 2 is 0.737 bits per heavy atom. The lowest BCUT2D eigenvalue weighted by Crippen LogP contribution is -2.55. The summed E-state index contributed by atoms with van der Waals surface area (Å²) in [6.07, 6.45) is 53.6. The van der Waals surface area contributed by atoms with Crippen LogP contribution in [0, 0.1) is 71.0 Å². The summed E-state index contributed by atoms with van der Waals surface area (Å²) in [5, 5.41) is 0. The molecule has 17 atom stereocenters. The van der Waals surface area contributed by atoms with E-state index in [1.165, 1.54) is 83.5 Å². The van der Waals surface area contributed by atoms with Gasteiger partial charge in [-0.15, -0.1) is 0 Å². The number of hydrogen-bond acceptors (Lipinski definition) is 3. The summed E-state index contributed by atoms with van der Waals surface area (Å²) in [5.41, 5.74) is 0. The molecule has 0 radical (unpaired) electrons. The summed E-state index contributed by atoms with van der Waals surface area (Å²) in [4.78, 5) is 6.75. The molecular weight excluding hydrogens is 693 g/mol. The Morgan fingerprint density at radius 1 is 0.263 bits per heavy atom. The minimum absolute atomic E-state index is 0.579. The molecule has 0 aromatic rings. The Bertz CT molecular complexity index is 1330. The van der Waals surface area contributed by atoms with Gasteiger partial charge >= 0.3 is 0 Å². The molecule has 3 aliphatic heterocycles. The van der Waals surface area contributed by atoms with Gasteiger partial charge in [-0.1, -0.05) is 109 Å². The summed E-state index contributed by atoms with van der Waals surface area (Å²) in [5.74, 6) is 12.2. The zero-order valence-corrected chi connectivity index (χ0v) is 36.9. The molecule has 9 saturated carbocycles. The van der Waals surface area contributed by atoms with Crippen LogP contribution >= 0.6 is 0 Å². The summed E-state index contributed by atoms with van der Waals surface area (Å²) in [6, 6.07) is 5.39. The van der Waals surface area contributed by atoms with Crippen LogP contribution in [0.3, 0.4) is 0 Å². The first-order chi connectivity index (χ1) is 28.3. The van der Waals surface area contributed by atoms with Gasteiger partial charge in [-0.3, -0.25) is 9.80 Å². The minimum atomic E-state index is 0.579. The zero-order chi connectivity index (χ0) is 37.5. The lowest BCUT2D eigenvalue weighted by molar-refractivity contribution is -0.0682. The second kappa shape index (κ2) is 16.5. The third-order valence-corrected chi connectivity index (χ3v) is 22.3. The topological polar surface area (TPSA) is 15.7 Å². The van der Waals surface area contributed by atoms with Gasteiger partial charge in [0, 0.05) is 36.3 Å². The van der Waals surface area contributed by atoms with E-state index in [9.17, 15) is 0 Å². The van der Waals surface area contributed by atoms with Crippen LogP contribution < -0.4 is 0 Å². The Kier molecular flexibility index (Phi) is 11.2. The fourth-order valence-electron chi connectivity index (χ4n) is 20.2. The molecule has 9 aliphatic carbocycles. The van der Waals surface area contributed by atoms with E-state index in [0.717, 1.165) is 107 Å². The van der Waals surface area contributed by atoms with Crippen LogP contribution in [0.5, 0.6) is 0 Å². The molecule has 3 heterocycles. The van der Waals surface area contributed by atoms with Crippen LogP contribution in [0.4, 0.5) is 0 Å². The molecule has 0 spiro atoms. The average Bonchev–Trinajstić information content (AvgIpc) is 3.94. The summed E-state index contributed by atoms with van der Waals surface area (Å²) in [7, 11) is 0. The van der Waals surface area contributed by atoms with Crippen molar-refractivity contribution in [2.45, 2.75) is 267 Å². The van der Waals surface area contributed by atoms with Crippen molar-refractivity contribution < 1.29 is 4.74 Å². The molecule has 12 aliphatic rings. The van der Waals surface area contributed by atoms with Crippen LogP contribution in [0.15, 0.2) is 0 Å². The van der Waals surface area contributed by atoms with Gasteiger partial charge in [-0.25, -0.2) is 0 Å². The predicted molar refractivity (Wildman–Crippen MR) is 234 cm³/mol. The fourth-order valence-corrected chi connectivity index (χ4v) is 20.2. The molecule has 0 N–H and O–H groups in total. The largest absolute Gasteiger partial charge is 0.373 e. The van der Waals surface area contributed by atoms with Crippen LogP contribution in [-0.4, -0.2) is 58.3 Å². The molecule has 0 aromatic heterocycles. The van der Waals surface area contributed by atoms with Crippen molar-refractivity contribution in [3.63, 3.8) is 0 Å². The standard InChI is InChI=1S/C54H88N2O/c1-3-14-35(15-4-1)39-30-40(36-16-5-2-6-17-36)32-41(31-39)55-48-22-10-7-18-42(48)46-33-37(26-28-50(46)55)38-27-29-51-47(34-38)43-19-8-11-23-49(43)56(51)52-24-13-21-45-44-20-9-12-25-53(44)57-54(45)52/h35-54H,1-34H2. The molecule has 0 amide bonds. The number of rotatable bonds is 5. The number of fused-ring (bicyclic) bond motifs is 9. The second-order valence-electron chi connectivity index (χ2n) is 24.5. The third kappa shape index (κ3) is 6.94. The molecule has 0 aromatic carbocycles. The first-order valence-corrected chi connectivity index (χ1v) is 27.5. The Hall–Kier alpha value is -0.120. The molecule has 320 valence electrons. The van der Waals surface area contributed by atoms with Crippen molar-refractivity contribution in [2.75, 3.05) is 0 Å². The highest BCUT2D eigenvalue weighted by atomic mass is 16.5. The Morgan fingerprint density at radius 3 is 1.37 bits per heavy atom. The summed E-state index contributed by atoms with van der Waals surface area (Å²) < 4.78 is 7.23. The van der Waals surface area contributed by atoms with Crippen LogP contribution in [0.1, 0.15) is 218 Å². The van der Waals surface area contributed by atoms with Gasteiger partial charge in [0.25, 0.3) is 0 Å². The number of likely N-dealkylation sites (tertiary alicyclic amines) is 2. The fraction of sp³-hybridized carbons (Fsp3) is 1.00. The highest BCUT2D eigenvalue weighted by Gasteiger charge is 2.60. The van der Waals surface area contributed by atoms with Gasteiger partial charge in [0.15, 0.2) is 0 Å². The van der Waals surface area contributed by atoms with Crippen molar-refractivity contribution >= 4 is 0 Å². The first kappa shape index (κ1) is 38.5. The lowest BCUT2D eigenvalue weighted by Gasteiger charge is -2.50. The van der Waals surface area contributed by atoms with Crippen molar-refractivity contribution in [3.8, 4) is 0 Å². The quantitative estimate of drug-likeness (QED) is 0.276. The highest BCUT2D eigenvalue weighted by Crippen LogP contribution is 2.60. The van der Waals surface area contributed by atoms with Crippen molar-refractivity contribution in [1.29, 1.82) is 0 Å². The Balaban J connectivity index is 0.761. The van der Waals surface area contributed by atoms with Crippen LogP contribution in [-0.2, 0) is 4.74 Å². The maximum absolute atomic E-state index is 7.23. The van der Waals surface area contributed by atoms with E-state index in [1.54, 1.807) is 135 Å². The molecule has 0 bridgehead atoms. The lowest BCUT2D eigenvalue weighted by atomic mass is 9.62. The molecular formula is C54H88N2O. The first-order valence-electron chi connectivity index (χ1n) is 27.5. The minimum Gasteiger partial charge on any atom is -0.373 e.